The predicted octanol–water partition coefficient (Wildman–Crippen LogP) is 3.51. The van der Waals surface area contributed by atoms with Crippen LogP contribution in [0.4, 0.5) is 10.1 Å². The van der Waals surface area contributed by atoms with Crippen molar-refractivity contribution in [2.75, 3.05) is 57.4 Å². The van der Waals surface area contributed by atoms with Gasteiger partial charge in [-0.2, -0.15) is 0 Å². The van der Waals surface area contributed by atoms with Crippen LogP contribution >= 0.6 is 0 Å². The normalized spacial score (nSPS) is 19.8. The second kappa shape index (κ2) is 10.8. The van der Waals surface area contributed by atoms with Crippen molar-refractivity contribution in [1.82, 2.24) is 10.2 Å². The summed E-state index contributed by atoms with van der Waals surface area (Å²) in [4.78, 5) is 9.09. The van der Waals surface area contributed by atoms with E-state index < -0.39 is 0 Å². The van der Waals surface area contributed by atoms with Gasteiger partial charge in [0, 0.05) is 26.2 Å². The molecule has 6 nitrogen and oxygen atoms in total. The highest BCUT2D eigenvalue weighted by molar-refractivity contribution is 5.80. The van der Waals surface area contributed by atoms with Crippen molar-refractivity contribution in [3.8, 4) is 0 Å². The number of hydrogen-bond acceptors (Lipinski definition) is 4. The number of rotatable bonds is 5. The van der Waals surface area contributed by atoms with E-state index in [9.17, 15) is 4.39 Å². The van der Waals surface area contributed by atoms with Gasteiger partial charge in [0.05, 0.1) is 38.6 Å². The zero-order valence-electron chi connectivity index (χ0n) is 19.0. The number of nitrogens with zero attached hydrogens (tertiary/aromatic N) is 3. The highest BCUT2D eigenvalue weighted by atomic mass is 19.1. The molecule has 2 fully saturated rings. The summed E-state index contributed by atoms with van der Waals surface area (Å²) in [5, 5.41) is 3.39. The van der Waals surface area contributed by atoms with Crippen molar-refractivity contribution in [1.29, 1.82) is 0 Å². The molecule has 0 spiro atoms. The van der Waals surface area contributed by atoms with Gasteiger partial charge in [0.15, 0.2) is 5.96 Å². The molecule has 0 saturated carbocycles. The van der Waals surface area contributed by atoms with Crippen LogP contribution in [0.2, 0.25) is 0 Å². The van der Waals surface area contributed by atoms with E-state index in [0.29, 0.717) is 32.1 Å². The molecule has 172 valence electrons. The van der Waals surface area contributed by atoms with Gasteiger partial charge in [0.25, 0.3) is 0 Å². The lowest BCUT2D eigenvalue weighted by Crippen LogP contribution is -2.48. The van der Waals surface area contributed by atoms with E-state index in [1.807, 2.05) is 17.0 Å². The highest BCUT2D eigenvalue weighted by Gasteiger charge is 2.25. The first-order chi connectivity index (χ1) is 15.7. The van der Waals surface area contributed by atoms with Crippen LogP contribution in [0.3, 0.4) is 0 Å². The van der Waals surface area contributed by atoms with Crippen molar-refractivity contribution >= 4 is 11.6 Å². The molecule has 7 heteroatoms. The third-order valence-corrected chi connectivity index (χ3v) is 6.01. The summed E-state index contributed by atoms with van der Waals surface area (Å²) in [6.45, 7) is 10.3. The molecule has 1 atom stereocenters. The average Bonchev–Trinajstić information content (AvgIpc) is 2.83. The van der Waals surface area contributed by atoms with E-state index >= 15 is 0 Å². The number of ether oxygens (including phenoxy) is 2. The Morgan fingerprint density at radius 2 is 1.94 bits per heavy atom. The Balaban J connectivity index is 1.45. The van der Waals surface area contributed by atoms with Crippen LogP contribution in [0.25, 0.3) is 0 Å². The van der Waals surface area contributed by atoms with Gasteiger partial charge in [-0.05, 0) is 42.7 Å². The summed E-state index contributed by atoms with van der Waals surface area (Å²) in [6.07, 6.45) is 0.0130. The Morgan fingerprint density at radius 3 is 2.69 bits per heavy atom. The molecule has 2 aromatic carbocycles. The van der Waals surface area contributed by atoms with Gasteiger partial charge in [0.2, 0.25) is 0 Å². The van der Waals surface area contributed by atoms with Crippen LogP contribution in [0.5, 0.6) is 0 Å². The molecule has 2 aromatic rings. The van der Waals surface area contributed by atoms with Crippen LogP contribution < -0.4 is 10.2 Å². The van der Waals surface area contributed by atoms with E-state index in [-0.39, 0.29) is 11.9 Å². The summed E-state index contributed by atoms with van der Waals surface area (Å²) < 4.78 is 26.2. The molecule has 32 heavy (non-hydrogen) atoms. The molecule has 2 aliphatic rings. The number of aryl methyl sites for hydroxylation is 1. The summed E-state index contributed by atoms with van der Waals surface area (Å²) in [7, 11) is 0. The van der Waals surface area contributed by atoms with Crippen molar-refractivity contribution in [3.63, 3.8) is 0 Å². The van der Waals surface area contributed by atoms with Gasteiger partial charge in [0.1, 0.15) is 11.9 Å². The third-order valence-electron chi connectivity index (χ3n) is 6.01. The molecule has 2 heterocycles. The van der Waals surface area contributed by atoms with Gasteiger partial charge in [-0.15, -0.1) is 0 Å². The lowest BCUT2D eigenvalue weighted by molar-refractivity contribution is -0.00834. The maximum absolute atomic E-state index is 14.8. The molecule has 4 rings (SSSR count). The van der Waals surface area contributed by atoms with E-state index in [1.54, 1.807) is 6.07 Å². The monoisotopic (exact) mass is 440 g/mol. The Hall–Kier alpha value is -2.64. The number of guanidine groups is 1. The fraction of sp³-hybridized carbons (Fsp3) is 0.480. The number of anilines is 1. The molecule has 0 aliphatic carbocycles. The van der Waals surface area contributed by atoms with Crippen molar-refractivity contribution in [2.24, 2.45) is 4.99 Å². The van der Waals surface area contributed by atoms with Gasteiger partial charge in [-0.3, -0.25) is 0 Å². The lowest BCUT2D eigenvalue weighted by atomic mass is 10.0. The first-order valence-electron chi connectivity index (χ1n) is 11.5. The Morgan fingerprint density at radius 1 is 1.12 bits per heavy atom. The molecule has 0 amide bonds. The summed E-state index contributed by atoms with van der Waals surface area (Å²) in [5.74, 6) is 0.641. The SMILES string of the molecule is CCNC(=NCc1ccc(N2CCOCC2)c(F)c1)N1CCOC(c2ccccc2C)C1. The average molecular weight is 441 g/mol. The van der Waals surface area contributed by atoms with Crippen molar-refractivity contribution in [2.45, 2.75) is 26.5 Å². The Labute approximate surface area is 190 Å². The topological polar surface area (TPSA) is 49.3 Å². The largest absolute Gasteiger partial charge is 0.378 e. The molecule has 0 bridgehead atoms. The maximum atomic E-state index is 14.8. The van der Waals surface area contributed by atoms with E-state index in [4.69, 9.17) is 14.5 Å². The maximum Gasteiger partial charge on any atom is 0.194 e. The molecule has 2 saturated heterocycles. The lowest BCUT2D eigenvalue weighted by Gasteiger charge is -2.35. The highest BCUT2D eigenvalue weighted by Crippen LogP contribution is 2.25. The Kier molecular flexibility index (Phi) is 7.60. The second-order valence-electron chi connectivity index (χ2n) is 8.22. The van der Waals surface area contributed by atoms with Gasteiger partial charge in [-0.1, -0.05) is 30.3 Å². The number of morpholine rings is 2. The molecule has 1 unspecified atom stereocenters. The first-order valence-corrected chi connectivity index (χ1v) is 11.5. The fourth-order valence-corrected chi connectivity index (χ4v) is 4.28. The van der Waals surface area contributed by atoms with Gasteiger partial charge >= 0.3 is 0 Å². The molecule has 2 aliphatic heterocycles. The van der Waals surface area contributed by atoms with Crippen LogP contribution in [0.15, 0.2) is 47.5 Å². The third kappa shape index (κ3) is 5.40. The van der Waals surface area contributed by atoms with Crippen molar-refractivity contribution in [3.05, 3.63) is 65.0 Å². The van der Waals surface area contributed by atoms with Gasteiger partial charge < -0.3 is 24.6 Å². The summed E-state index contributed by atoms with van der Waals surface area (Å²) in [6, 6.07) is 13.8. The smallest absolute Gasteiger partial charge is 0.194 e. The zero-order valence-corrected chi connectivity index (χ0v) is 19.0. The van der Waals surface area contributed by atoms with Crippen molar-refractivity contribution < 1.29 is 13.9 Å². The van der Waals surface area contributed by atoms with Crippen LogP contribution in [-0.4, -0.2) is 63.4 Å². The first kappa shape index (κ1) is 22.6. The summed E-state index contributed by atoms with van der Waals surface area (Å²) >= 11 is 0. The minimum absolute atomic E-state index is 0.0130. The van der Waals surface area contributed by atoms with Crippen LogP contribution in [0.1, 0.15) is 29.7 Å². The molecular formula is C25H33FN4O2. The zero-order chi connectivity index (χ0) is 22.3. The van der Waals surface area contributed by atoms with E-state index in [2.05, 4.69) is 48.3 Å². The minimum atomic E-state index is -0.199. The predicted molar refractivity (Wildman–Crippen MR) is 126 cm³/mol. The number of hydrogen-bond donors (Lipinski definition) is 1. The standard InChI is InChI=1S/C25H33FN4O2/c1-3-27-25(30-12-15-32-24(18-30)21-7-5-4-6-19(21)2)28-17-20-8-9-23(22(26)16-20)29-10-13-31-14-11-29/h4-9,16,24H,3,10-15,17-18H2,1-2H3,(H,27,28). The number of benzene rings is 2. The quantitative estimate of drug-likeness (QED) is 0.570. The number of aliphatic imine (C=N–C) groups is 1. The molecule has 1 N–H and O–H groups in total. The van der Waals surface area contributed by atoms with Crippen LogP contribution in [-0.2, 0) is 16.0 Å². The molecule has 0 radical (unpaired) electrons. The second-order valence-corrected chi connectivity index (χ2v) is 8.22. The van der Waals surface area contributed by atoms with E-state index in [0.717, 1.165) is 44.2 Å². The van der Waals surface area contributed by atoms with E-state index in [1.165, 1.54) is 11.1 Å². The van der Waals surface area contributed by atoms with Gasteiger partial charge in [-0.25, -0.2) is 9.38 Å². The Bertz CT molecular complexity index is 930. The number of nitrogens with one attached hydrogen (secondary N) is 1. The van der Waals surface area contributed by atoms with Crippen LogP contribution in [0, 0.1) is 12.7 Å². The number of halogens is 1. The molecular weight excluding hydrogens is 407 g/mol. The molecule has 0 aromatic heterocycles. The minimum Gasteiger partial charge on any atom is -0.378 e. The summed E-state index contributed by atoms with van der Waals surface area (Å²) in [5.41, 5.74) is 3.95. The fourth-order valence-electron chi connectivity index (χ4n) is 4.28.